The van der Waals surface area contributed by atoms with E-state index in [-0.39, 0.29) is 48.9 Å². The lowest BCUT2D eigenvalue weighted by Gasteiger charge is -2.36. The van der Waals surface area contributed by atoms with E-state index < -0.39 is 5.41 Å². The molecular formula is C20H33Cl2FN4O2. The van der Waals surface area contributed by atoms with Crippen LogP contribution in [0.15, 0.2) is 24.3 Å². The Morgan fingerprint density at radius 3 is 2.10 bits per heavy atom. The number of piperazine rings is 1. The summed E-state index contributed by atoms with van der Waals surface area (Å²) in [6.07, 6.45) is 1.66. The predicted molar refractivity (Wildman–Crippen MR) is 119 cm³/mol. The van der Waals surface area contributed by atoms with Crippen LogP contribution in [0.4, 0.5) is 10.1 Å². The molecule has 0 bridgehead atoms. The Bertz CT molecular complexity index is 626. The molecule has 3 N–H and O–H groups in total. The lowest BCUT2D eigenvalue weighted by molar-refractivity contribution is -0.132. The van der Waals surface area contributed by atoms with Crippen LogP contribution in [0.25, 0.3) is 0 Å². The van der Waals surface area contributed by atoms with Gasteiger partial charge in [0.15, 0.2) is 0 Å². The highest BCUT2D eigenvalue weighted by Gasteiger charge is 2.33. The highest BCUT2D eigenvalue weighted by atomic mass is 35.5. The van der Waals surface area contributed by atoms with Crippen LogP contribution in [0.1, 0.15) is 33.1 Å². The van der Waals surface area contributed by atoms with Crippen molar-refractivity contribution in [1.82, 2.24) is 10.2 Å². The van der Waals surface area contributed by atoms with Crippen LogP contribution in [0.2, 0.25) is 0 Å². The zero-order valence-electron chi connectivity index (χ0n) is 17.2. The molecule has 1 aliphatic heterocycles. The fourth-order valence-corrected chi connectivity index (χ4v) is 3.45. The number of nitrogens with zero attached hydrogens (tertiary/aromatic N) is 2. The van der Waals surface area contributed by atoms with E-state index >= 15 is 0 Å². The molecule has 1 aromatic rings. The molecule has 6 nitrogen and oxygen atoms in total. The van der Waals surface area contributed by atoms with E-state index in [1.165, 1.54) is 12.1 Å². The average Bonchev–Trinajstić information content (AvgIpc) is 2.70. The van der Waals surface area contributed by atoms with E-state index in [4.69, 9.17) is 5.73 Å². The first kappa shape index (κ1) is 27.4. The summed E-state index contributed by atoms with van der Waals surface area (Å²) in [7, 11) is 0. The van der Waals surface area contributed by atoms with Gasteiger partial charge in [-0.3, -0.25) is 9.59 Å². The number of carbonyl (C=O) groups excluding carboxylic acids is 2. The number of nitrogens with two attached hydrogens (primary N) is 1. The molecule has 1 saturated heterocycles. The van der Waals surface area contributed by atoms with Crippen LogP contribution in [-0.2, 0) is 9.59 Å². The summed E-state index contributed by atoms with van der Waals surface area (Å²) >= 11 is 0. The molecule has 0 saturated carbocycles. The second-order valence-corrected chi connectivity index (χ2v) is 7.04. The van der Waals surface area contributed by atoms with Crippen LogP contribution < -0.4 is 16.0 Å². The minimum Gasteiger partial charge on any atom is -0.368 e. The summed E-state index contributed by atoms with van der Waals surface area (Å²) in [5.74, 6) is -0.274. The third-order valence-corrected chi connectivity index (χ3v) is 5.67. The van der Waals surface area contributed by atoms with Crippen molar-refractivity contribution in [2.75, 3.05) is 44.2 Å². The first-order valence-electron chi connectivity index (χ1n) is 9.72. The van der Waals surface area contributed by atoms with Gasteiger partial charge in [-0.2, -0.15) is 0 Å². The zero-order valence-corrected chi connectivity index (χ0v) is 18.8. The fraction of sp³-hybridized carbons (Fsp3) is 0.600. The zero-order chi connectivity index (χ0) is 19.9. The maximum Gasteiger partial charge on any atom is 0.227 e. The number of hydrogen-bond donors (Lipinski definition) is 2. The Morgan fingerprint density at radius 1 is 1.07 bits per heavy atom. The highest BCUT2D eigenvalue weighted by molar-refractivity contribution is 5.85. The molecule has 1 heterocycles. The molecule has 0 unspecified atom stereocenters. The summed E-state index contributed by atoms with van der Waals surface area (Å²) in [5.41, 5.74) is 6.21. The number of nitrogens with one attached hydrogen (secondary N) is 1. The average molecular weight is 451 g/mol. The Balaban J connectivity index is 0.00000392. The van der Waals surface area contributed by atoms with Gasteiger partial charge >= 0.3 is 0 Å². The van der Waals surface area contributed by atoms with Gasteiger partial charge < -0.3 is 20.9 Å². The normalized spacial score (nSPS) is 13.9. The van der Waals surface area contributed by atoms with E-state index in [1.54, 1.807) is 12.1 Å². The third-order valence-electron chi connectivity index (χ3n) is 5.67. The molecule has 166 valence electrons. The van der Waals surface area contributed by atoms with Crippen LogP contribution >= 0.6 is 24.8 Å². The van der Waals surface area contributed by atoms with Crippen molar-refractivity contribution < 1.29 is 14.0 Å². The molecular weight excluding hydrogens is 418 g/mol. The Hall–Kier alpha value is -1.57. The molecule has 29 heavy (non-hydrogen) atoms. The quantitative estimate of drug-likeness (QED) is 0.637. The topological polar surface area (TPSA) is 78.7 Å². The van der Waals surface area contributed by atoms with Crippen LogP contribution in [0.5, 0.6) is 0 Å². The number of halogens is 3. The van der Waals surface area contributed by atoms with Gasteiger partial charge in [-0.25, -0.2) is 4.39 Å². The van der Waals surface area contributed by atoms with Gasteiger partial charge in [-0.1, -0.05) is 13.8 Å². The maximum atomic E-state index is 13.0. The minimum absolute atomic E-state index is 0. The first-order chi connectivity index (χ1) is 13.0. The predicted octanol–water partition coefficient (Wildman–Crippen LogP) is 2.59. The summed E-state index contributed by atoms with van der Waals surface area (Å²) in [6, 6.07) is 6.41. The van der Waals surface area contributed by atoms with Gasteiger partial charge in [0.2, 0.25) is 11.8 Å². The van der Waals surface area contributed by atoms with Gasteiger partial charge in [0.1, 0.15) is 5.82 Å². The summed E-state index contributed by atoms with van der Waals surface area (Å²) in [5, 5.41) is 2.87. The van der Waals surface area contributed by atoms with Crippen molar-refractivity contribution >= 4 is 42.3 Å². The molecule has 0 aliphatic carbocycles. The molecule has 0 atom stereocenters. The molecule has 1 aromatic carbocycles. The number of amides is 2. The van der Waals surface area contributed by atoms with Crippen LogP contribution in [-0.4, -0.2) is 56.0 Å². The summed E-state index contributed by atoms with van der Waals surface area (Å²) < 4.78 is 13.0. The molecule has 1 aliphatic rings. The van der Waals surface area contributed by atoms with Gasteiger partial charge in [0.25, 0.3) is 0 Å². The number of hydrogen-bond acceptors (Lipinski definition) is 4. The number of anilines is 1. The SMILES string of the molecule is CCC(CC)(CN)C(=O)NCCC(=O)N1CCN(c2ccc(F)cc2)CC1.Cl.Cl. The van der Waals surface area contributed by atoms with Gasteiger partial charge in [-0.15, -0.1) is 24.8 Å². The van der Waals surface area contributed by atoms with Gasteiger partial charge in [-0.05, 0) is 37.1 Å². The Morgan fingerprint density at radius 2 is 1.62 bits per heavy atom. The smallest absolute Gasteiger partial charge is 0.227 e. The largest absolute Gasteiger partial charge is 0.368 e. The number of rotatable bonds is 8. The molecule has 0 radical (unpaired) electrons. The molecule has 0 aromatic heterocycles. The van der Waals surface area contributed by atoms with Gasteiger partial charge in [0.05, 0.1) is 5.41 Å². The molecule has 2 amide bonds. The minimum atomic E-state index is -0.538. The maximum absolute atomic E-state index is 13.0. The van der Waals surface area contributed by atoms with E-state index in [2.05, 4.69) is 10.2 Å². The Labute approximate surface area is 185 Å². The van der Waals surface area contributed by atoms with Crippen molar-refractivity contribution in [3.05, 3.63) is 30.1 Å². The number of benzene rings is 1. The van der Waals surface area contributed by atoms with Crippen molar-refractivity contribution in [2.24, 2.45) is 11.1 Å². The molecule has 9 heteroatoms. The second kappa shape index (κ2) is 12.9. The van der Waals surface area contributed by atoms with Crippen molar-refractivity contribution in [3.63, 3.8) is 0 Å². The van der Waals surface area contributed by atoms with Crippen molar-refractivity contribution in [1.29, 1.82) is 0 Å². The highest BCUT2D eigenvalue weighted by Crippen LogP contribution is 2.24. The van der Waals surface area contributed by atoms with Gasteiger partial charge in [0, 0.05) is 51.4 Å². The molecule has 0 spiro atoms. The molecule has 2 rings (SSSR count). The van der Waals surface area contributed by atoms with E-state index in [0.717, 1.165) is 5.69 Å². The van der Waals surface area contributed by atoms with Crippen molar-refractivity contribution in [2.45, 2.75) is 33.1 Å². The third kappa shape index (κ3) is 7.01. The summed E-state index contributed by atoms with van der Waals surface area (Å²) in [6.45, 7) is 7.24. The van der Waals surface area contributed by atoms with Crippen LogP contribution in [0, 0.1) is 11.2 Å². The fourth-order valence-electron chi connectivity index (χ4n) is 3.45. The Kier molecular flexibility index (Phi) is 12.2. The standard InChI is InChI=1S/C20H31FN4O2.2ClH/c1-3-20(4-2,15-22)19(27)23-10-9-18(26)25-13-11-24(12-14-25)17-7-5-16(21)6-8-17;;/h5-8H,3-4,9-15,22H2,1-2H3,(H,23,27);2*1H. The first-order valence-corrected chi connectivity index (χ1v) is 9.72. The number of carbonyl (C=O) groups is 2. The second-order valence-electron chi connectivity index (χ2n) is 7.04. The lowest BCUT2D eigenvalue weighted by atomic mass is 9.81. The summed E-state index contributed by atoms with van der Waals surface area (Å²) in [4.78, 5) is 28.8. The monoisotopic (exact) mass is 450 g/mol. The van der Waals surface area contributed by atoms with Crippen LogP contribution in [0.3, 0.4) is 0 Å². The lowest BCUT2D eigenvalue weighted by Crippen LogP contribution is -2.50. The van der Waals surface area contributed by atoms with E-state index in [0.29, 0.717) is 52.1 Å². The van der Waals surface area contributed by atoms with E-state index in [9.17, 15) is 14.0 Å². The van der Waals surface area contributed by atoms with E-state index in [1.807, 2.05) is 18.7 Å². The molecule has 1 fully saturated rings. The van der Waals surface area contributed by atoms with Crippen molar-refractivity contribution in [3.8, 4) is 0 Å².